The number of carbonyl (C=O) groups is 1. The molecule has 2 heterocycles. The first-order valence-corrected chi connectivity index (χ1v) is 7.21. The molecule has 1 aromatic carbocycles. The normalized spacial score (nSPS) is 16.3. The van der Waals surface area contributed by atoms with Gasteiger partial charge in [0.05, 0.1) is 13.0 Å². The fourth-order valence-corrected chi connectivity index (χ4v) is 2.17. The van der Waals surface area contributed by atoms with Gasteiger partial charge in [0.15, 0.2) is 23.4 Å². The Kier molecular flexibility index (Phi) is 4.22. The van der Waals surface area contributed by atoms with Gasteiger partial charge in [-0.25, -0.2) is 4.98 Å². The number of rotatable bonds is 5. The van der Waals surface area contributed by atoms with Gasteiger partial charge >= 0.3 is 5.97 Å². The number of aromatic nitrogens is 3. The van der Waals surface area contributed by atoms with Crippen molar-refractivity contribution in [1.29, 1.82) is 0 Å². The standard InChI is InChI=1S/C15H17N3O4/c1-2-20-14(19)8-7-13-16-15(18-17-13)12-9-21-10-5-3-4-6-11(10)22-12/h3-6,12H,2,7-9H2,1H3,(H,16,17,18). The van der Waals surface area contributed by atoms with E-state index in [1.54, 1.807) is 6.92 Å². The fourth-order valence-electron chi connectivity index (χ4n) is 2.17. The van der Waals surface area contributed by atoms with Crippen molar-refractivity contribution in [2.75, 3.05) is 13.2 Å². The third-order valence-electron chi connectivity index (χ3n) is 3.22. The van der Waals surface area contributed by atoms with Gasteiger partial charge in [-0.05, 0) is 19.1 Å². The molecule has 2 aromatic rings. The number of aromatic amines is 1. The lowest BCUT2D eigenvalue weighted by Crippen LogP contribution is -2.22. The molecule has 7 heteroatoms. The molecule has 0 fully saturated rings. The van der Waals surface area contributed by atoms with Crippen molar-refractivity contribution in [2.24, 2.45) is 0 Å². The average Bonchev–Trinajstić information content (AvgIpc) is 3.02. The van der Waals surface area contributed by atoms with Crippen molar-refractivity contribution in [3.63, 3.8) is 0 Å². The number of ether oxygens (including phenoxy) is 3. The number of hydrogen-bond acceptors (Lipinski definition) is 6. The maximum atomic E-state index is 11.3. The topological polar surface area (TPSA) is 86.3 Å². The molecule has 1 atom stereocenters. The van der Waals surface area contributed by atoms with E-state index in [9.17, 15) is 4.79 Å². The van der Waals surface area contributed by atoms with E-state index in [4.69, 9.17) is 14.2 Å². The second-order valence-corrected chi connectivity index (χ2v) is 4.81. The molecule has 0 spiro atoms. The first kappa shape index (κ1) is 14.4. The molecule has 7 nitrogen and oxygen atoms in total. The summed E-state index contributed by atoms with van der Waals surface area (Å²) in [5.41, 5.74) is 0. The first-order chi connectivity index (χ1) is 10.8. The van der Waals surface area contributed by atoms with Gasteiger partial charge < -0.3 is 14.2 Å². The molecule has 1 aliphatic rings. The number of H-pyrrole nitrogens is 1. The minimum absolute atomic E-state index is 0.244. The zero-order valence-electron chi connectivity index (χ0n) is 12.2. The quantitative estimate of drug-likeness (QED) is 0.848. The minimum atomic E-state index is -0.359. The molecule has 1 unspecified atom stereocenters. The van der Waals surface area contributed by atoms with Crippen molar-refractivity contribution in [3.8, 4) is 11.5 Å². The lowest BCUT2D eigenvalue weighted by atomic mass is 10.2. The predicted octanol–water partition coefficient (Wildman–Crippen LogP) is 1.81. The van der Waals surface area contributed by atoms with Crippen molar-refractivity contribution in [1.82, 2.24) is 15.2 Å². The maximum absolute atomic E-state index is 11.3. The summed E-state index contributed by atoms with van der Waals surface area (Å²) in [6, 6.07) is 7.47. The highest BCUT2D eigenvalue weighted by Crippen LogP contribution is 2.34. The van der Waals surface area contributed by atoms with E-state index in [-0.39, 0.29) is 18.5 Å². The van der Waals surface area contributed by atoms with Crippen LogP contribution in [0.4, 0.5) is 0 Å². The van der Waals surface area contributed by atoms with E-state index in [1.807, 2.05) is 24.3 Å². The van der Waals surface area contributed by atoms with Gasteiger partial charge in [-0.1, -0.05) is 12.1 Å². The van der Waals surface area contributed by atoms with Crippen molar-refractivity contribution >= 4 is 5.97 Å². The fraction of sp³-hybridized carbons (Fsp3) is 0.400. The first-order valence-electron chi connectivity index (χ1n) is 7.21. The molecule has 1 aromatic heterocycles. The third-order valence-corrected chi connectivity index (χ3v) is 3.22. The van der Waals surface area contributed by atoms with Crippen LogP contribution in [-0.4, -0.2) is 34.4 Å². The SMILES string of the molecule is CCOC(=O)CCc1nc(C2COc3ccccc3O2)n[nH]1. The zero-order valence-corrected chi connectivity index (χ0v) is 12.2. The third kappa shape index (κ3) is 3.19. The molecular weight excluding hydrogens is 286 g/mol. The van der Waals surface area contributed by atoms with E-state index >= 15 is 0 Å². The van der Waals surface area contributed by atoms with E-state index in [0.29, 0.717) is 37.0 Å². The molecular formula is C15H17N3O4. The molecule has 1 N–H and O–H groups in total. The molecule has 116 valence electrons. The Morgan fingerprint density at radius 2 is 2.23 bits per heavy atom. The highest BCUT2D eigenvalue weighted by atomic mass is 16.6. The number of benzene rings is 1. The highest BCUT2D eigenvalue weighted by Gasteiger charge is 2.25. The van der Waals surface area contributed by atoms with Crippen LogP contribution in [0.5, 0.6) is 11.5 Å². The number of nitrogens with one attached hydrogen (secondary N) is 1. The molecule has 0 saturated heterocycles. The number of fused-ring (bicyclic) bond motifs is 1. The van der Waals surface area contributed by atoms with Gasteiger partial charge in [0.1, 0.15) is 12.4 Å². The number of carbonyl (C=O) groups excluding carboxylic acids is 1. The zero-order chi connectivity index (χ0) is 15.4. The summed E-state index contributed by atoms with van der Waals surface area (Å²) in [5.74, 6) is 2.30. The number of nitrogens with zero attached hydrogens (tertiary/aromatic N) is 2. The number of para-hydroxylation sites is 2. The van der Waals surface area contributed by atoms with Crippen LogP contribution in [0.3, 0.4) is 0 Å². The molecule has 3 rings (SSSR count). The Morgan fingerprint density at radius 1 is 1.41 bits per heavy atom. The Bertz CT molecular complexity index is 656. The number of aryl methyl sites for hydroxylation is 1. The Morgan fingerprint density at radius 3 is 3.05 bits per heavy atom. The molecule has 0 saturated carbocycles. The second kappa shape index (κ2) is 6.46. The molecule has 1 aliphatic heterocycles. The summed E-state index contributed by atoms with van der Waals surface area (Å²) >= 11 is 0. The van der Waals surface area contributed by atoms with Crippen molar-refractivity contribution in [3.05, 3.63) is 35.9 Å². The number of hydrogen-bond donors (Lipinski definition) is 1. The van der Waals surface area contributed by atoms with Crippen LogP contribution in [0.15, 0.2) is 24.3 Å². The van der Waals surface area contributed by atoms with Crippen molar-refractivity contribution < 1.29 is 19.0 Å². The maximum Gasteiger partial charge on any atom is 0.306 e. The van der Waals surface area contributed by atoms with Crippen LogP contribution in [0.2, 0.25) is 0 Å². The minimum Gasteiger partial charge on any atom is -0.485 e. The molecule has 0 amide bonds. The monoisotopic (exact) mass is 303 g/mol. The summed E-state index contributed by atoms with van der Waals surface area (Å²) in [6.45, 7) is 2.52. The molecule has 0 aliphatic carbocycles. The Hall–Kier alpha value is -2.57. The van der Waals surface area contributed by atoms with Gasteiger partial charge in [-0.2, -0.15) is 5.10 Å². The summed E-state index contributed by atoms with van der Waals surface area (Å²) in [7, 11) is 0. The molecule has 0 radical (unpaired) electrons. The average molecular weight is 303 g/mol. The molecule has 22 heavy (non-hydrogen) atoms. The van der Waals surface area contributed by atoms with Crippen LogP contribution < -0.4 is 9.47 Å². The summed E-state index contributed by atoms with van der Waals surface area (Å²) in [4.78, 5) is 15.7. The van der Waals surface area contributed by atoms with Gasteiger partial charge in [-0.3, -0.25) is 9.89 Å². The Labute approximate surface area is 127 Å². The summed E-state index contributed by atoms with van der Waals surface area (Å²) in [6.07, 6.45) is 0.367. The van der Waals surface area contributed by atoms with E-state index in [0.717, 1.165) is 5.75 Å². The van der Waals surface area contributed by atoms with E-state index in [2.05, 4.69) is 15.2 Å². The smallest absolute Gasteiger partial charge is 0.306 e. The van der Waals surface area contributed by atoms with Crippen LogP contribution in [0.1, 0.15) is 31.1 Å². The Balaban J connectivity index is 1.61. The van der Waals surface area contributed by atoms with Crippen LogP contribution in [-0.2, 0) is 16.0 Å². The molecule has 0 bridgehead atoms. The predicted molar refractivity (Wildman–Crippen MR) is 76.6 cm³/mol. The van der Waals surface area contributed by atoms with Gasteiger partial charge in [0.25, 0.3) is 0 Å². The number of esters is 1. The van der Waals surface area contributed by atoms with Crippen LogP contribution in [0.25, 0.3) is 0 Å². The highest BCUT2D eigenvalue weighted by molar-refractivity contribution is 5.69. The van der Waals surface area contributed by atoms with Crippen LogP contribution >= 0.6 is 0 Å². The van der Waals surface area contributed by atoms with Gasteiger partial charge in [0, 0.05) is 6.42 Å². The lowest BCUT2D eigenvalue weighted by Gasteiger charge is -2.24. The van der Waals surface area contributed by atoms with Crippen molar-refractivity contribution in [2.45, 2.75) is 25.9 Å². The summed E-state index contributed by atoms with van der Waals surface area (Å²) < 4.78 is 16.4. The van der Waals surface area contributed by atoms with Gasteiger partial charge in [0.2, 0.25) is 0 Å². The summed E-state index contributed by atoms with van der Waals surface area (Å²) in [5, 5.41) is 6.96. The van der Waals surface area contributed by atoms with Crippen LogP contribution in [0, 0.1) is 0 Å². The largest absolute Gasteiger partial charge is 0.485 e. The lowest BCUT2D eigenvalue weighted by molar-refractivity contribution is -0.143. The van der Waals surface area contributed by atoms with E-state index in [1.165, 1.54) is 0 Å². The second-order valence-electron chi connectivity index (χ2n) is 4.81. The van der Waals surface area contributed by atoms with Gasteiger partial charge in [-0.15, -0.1) is 0 Å². The van der Waals surface area contributed by atoms with E-state index < -0.39 is 0 Å².